The third-order valence-corrected chi connectivity index (χ3v) is 2.80. The highest BCUT2D eigenvalue weighted by Crippen LogP contribution is 2.23. The zero-order chi connectivity index (χ0) is 12.6. The number of imidazole rings is 1. The van der Waals surface area contributed by atoms with E-state index in [-0.39, 0.29) is 10.5 Å². The molecular formula is C11H9FN2O2S. The summed E-state index contributed by atoms with van der Waals surface area (Å²) in [6.07, 6.45) is 0. The van der Waals surface area contributed by atoms with Crippen molar-refractivity contribution in [2.45, 2.75) is 0 Å². The number of carboxylic acid groups (broad SMARTS) is 1. The van der Waals surface area contributed by atoms with Crippen LogP contribution >= 0.6 is 12.2 Å². The predicted molar refractivity (Wildman–Crippen MR) is 63.0 cm³/mol. The minimum atomic E-state index is -1.13. The van der Waals surface area contributed by atoms with Gasteiger partial charge in [-0.2, -0.15) is 0 Å². The smallest absolute Gasteiger partial charge is 0.354 e. The van der Waals surface area contributed by atoms with Crippen LogP contribution < -0.4 is 0 Å². The van der Waals surface area contributed by atoms with E-state index < -0.39 is 11.8 Å². The van der Waals surface area contributed by atoms with Gasteiger partial charge in [0.1, 0.15) is 5.82 Å². The van der Waals surface area contributed by atoms with Crippen molar-refractivity contribution in [1.29, 1.82) is 0 Å². The molecule has 6 heteroatoms. The third kappa shape index (κ3) is 1.99. The Kier molecular flexibility index (Phi) is 2.81. The van der Waals surface area contributed by atoms with Gasteiger partial charge in [0.2, 0.25) is 0 Å². The molecule has 0 fully saturated rings. The molecule has 1 aromatic carbocycles. The molecule has 0 spiro atoms. The average molecular weight is 252 g/mol. The Morgan fingerprint density at radius 2 is 2.24 bits per heavy atom. The van der Waals surface area contributed by atoms with E-state index in [9.17, 15) is 9.18 Å². The van der Waals surface area contributed by atoms with Gasteiger partial charge in [-0.15, -0.1) is 0 Å². The van der Waals surface area contributed by atoms with Crippen LogP contribution in [0.15, 0.2) is 24.3 Å². The molecule has 4 nitrogen and oxygen atoms in total. The van der Waals surface area contributed by atoms with E-state index in [4.69, 9.17) is 17.3 Å². The maximum atomic E-state index is 13.1. The van der Waals surface area contributed by atoms with Gasteiger partial charge in [-0.1, -0.05) is 12.1 Å². The first kappa shape index (κ1) is 11.5. The molecule has 1 heterocycles. The van der Waals surface area contributed by atoms with Crippen molar-refractivity contribution in [1.82, 2.24) is 9.55 Å². The zero-order valence-electron chi connectivity index (χ0n) is 8.90. The normalized spacial score (nSPS) is 10.5. The number of halogens is 1. The molecule has 0 aliphatic heterocycles. The summed E-state index contributed by atoms with van der Waals surface area (Å²) in [6.45, 7) is 0. The van der Waals surface area contributed by atoms with E-state index in [0.29, 0.717) is 11.3 Å². The van der Waals surface area contributed by atoms with E-state index in [2.05, 4.69) is 4.98 Å². The van der Waals surface area contributed by atoms with E-state index >= 15 is 0 Å². The maximum absolute atomic E-state index is 13.1. The summed E-state index contributed by atoms with van der Waals surface area (Å²) in [6, 6.07) is 5.72. The van der Waals surface area contributed by atoms with Crippen molar-refractivity contribution >= 4 is 18.2 Å². The first-order chi connectivity index (χ1) is 8.00. The summed E-state index contributed by atoms with van der Waals surface area (Å²) in [5.41, 5.74) is 0.794. The van der Waals surface area contributed by atoms with Crippen LogP contribution in [0.5, 0.6) is 0 Å². The number of carbonyl (C=O) groups is 1. The summed E-state index contributed by atoms with van der Waals surface area (Å²) in [7, 11) is 1.63. The lowest BCUT2D eigenvalue weighted by Crippen LogP contribution is -2.01. The van der Waals surface area contributed by atoms with Crippen LogP contribution in [-0.4, -0.2) is 20.6 Å². The maximum Gasteiger partial charge on any atom is 0.354 e. The fourth-order valence-electron chi connectivity index (χ4n) is 1.65. The molecule has 0 radical (unpaired) electrons. The van der Waals surface area contributed by atoms with Gasteiger partial charge in [-0.25, -0.2) is 9.18 Å². The number of carboxylic acids is 1. The second-order valence-electron chi connectivity index (χ2n) is 3.53. The van der Waals surface area contributed by atoms with Gasteiger partial charge in [0.25, 0.3) is 0 Å². The highest BCUT2D eigenvalue weighted by Gasteiger charge is 2.17. The van der Waals surface area contributed by atoms with Gasteiger partial charge < -0.3 is 14.7 Å². The number of H-pyrrole nitrogens is 1. The van der Waals surface area contributed by atoms with Crippen LogP contribution in [0.2, 0.25) is 0 Å². The monoisotopic (exact) mass is 252 g/mol. The highest BCUT2D eigenvalue weighted by atomic mass is 32.1. The van der Waals surface area contributed by atoms with Crippen LogP contribution in [0.1, 0.15) is 10.5 Å². The number of benzene rings is 1. The van der Waals surface area contributed by atoms with Gasteiger partial charge >= 0.3 is 5.97 Å². The SMILES string of the molecule is Cn1c(-c2cccc(F)c2)c(C(=O)O)[nH]c1=S. The second-order valence-corrected chi connectivity index (χ2v) is 3.91. The van der Waals surface area contributed by atoms with Crippen LogP contribution in [0.3, 0.4) is 0 Å². The first-order valence-electron chi connectivity index (χ1n) is 4.79. The Morgan fingerprint density at radius 3 is 2.82 bits per heavy atom. The minimum absolute atomic E-state index is 0.0388. The molecule has 2 rings (SSSR count). The van der Waals surface area contributed by atoms with Crippen LogP contribution in [0, 0.1) is 10.6 Å². The van der Waals surface area contributed by atoms with Gasteiger partial charge in [-0.05, 0) is 24.4 Å². The molecule has 0 atom stereocenters. The van der Waals surface area contributed by atoms with Gasteiger partial charge in [0.15, 0.2) is 10.5 Å². The van der Waals surface area contributed by atoms with Crippen LogP contribution in [0.25, 0.3) is 11.3 Å². The average Bonchev–Trinajstić information content (AvgIpc) is 2.56. The second kappa shape index (κ2) is 4.14. The van der Waals surface area contributed by atoms with Crippen molar-refractivity contribution < 1.29 is 14.3 Å². The molecular weight excluding hydrogens is 243 g/mol. The number of aromatic nitrogens is 2. The molecule has 0 aliphatic rings. The summed E-state index contributed by atoms with van der Waals surface area (Å²) < 4.78 is 14.9. The standard InChI is InChI=1S/C11H9FN2O2S/c1-14-9(6-3-2-4-7(12)5-6)8(10(15)16)13-11(14)17/h2-5H,1H3,(H,13,17)(H,15,16). The molecule has 2 N–H and O–H groups in total. The summed E-state index contributed by atoms with van der Waals surface area (Å²) in [5, 5.41) is 9.05. The Morgan fingerprint density at radius 1 is 1.53 bits per heavy atom. The molecule has 0 amide bonds. The van der Waals surface area contributed by atoms with Crippen molar-refractivity contribution in [2.24, 2.45) is 7.05 Å². The summed E-state index contributed by atoms with van der Waals surface area (Å²) in [5.74, 6) is -1.55. The number of hydrogen-bond acceptors (Lipinski definition) is 2. The fourth-order valence-corrected chi connectivity index (χ4v) is 1.84. The molecule has 0 bridgehead atoms. The molecule has 0 saturated heterocycles. The molecule has 2 aromatic rings. The van der Waals surface area contributed by atoms with E-state index in [0.717, 1.165) is 0 Å². The molecule has 88 valence electrons. The minimum Gasteiger partial charge on any atom is -0.477 e. The Hall–Kier alpha value is -1.95. The Labute approximate surface area is 101 Å². The number of hydrogen-bond donors (Lipinski definition) is 2. The molecule has 17 heavy (non-hydrogen) atoms. The molecule has 0 unspecified atom stereocenters. The van der Waals surface area contributed by atoms with Gasteiger partial charge in [0.05, 0.1) is 5.69 Å². The number of aromatic amines is 1. The topological polar surface area (TPSA) is 58.0 Å². The van der Waals surface area contributed by atoms with E-state index in [1.165, 1.54) is 22.8 Å². The zero-order valence-corrected chi connectivity index (χ0v) is 9.71. The lowest BCUT2D eigenvalue weighted by Gasteiger charge is -2.04. The first-order valence-corrected chi connectivity index (χ1v) is 5.19. The van der Waals surface area contributed by atoms with E-state index in [1.54, 1.807) is 13.1 Å². The van der Waals surface area contributed by atoms with Crippen molar-refractivity contribution in [3.05, 3.63) is 40.5 Å². The fraction of sp³-hybridized carbons (Fsp3) is 0.0909. The third-order valence-electron chi connectivity index (χ3n) is 2.42. The summed E-state index contributed by atoms with van der Waals surface area (Å²) >= 11 is 4.96. The largest absolute Gasteiger partial charge is 0.477 e. The Bertz CT molecular complexity index is 645. The lowest BCUT2D eigenvalue weighted by atomic mass is 10.1. The highest BCUT2D eigenvalue weighted by molar-refractivity contribution is 7.71. The van der Waals surface area contributed by atoms with Crippen molar-refractivity contribution in [3.8, 4) is 11.3 Å². The van der Waals surface area contributed by atoms with Gasteiger partial charge in [0, 0.05) is 12.6 Å². The molecule has 0 aliphatic carbocycles. The number of nitrogens with zero attached hydrogens (tertiary/aromatic N) is 1. The number of aromatic carboxylic acids is 1. The number of rotatable bonds is 2. The van der Waals surface area contributed by atoms with Crippen molar-refractivity contribution in [3.63, 3.8) is 0 Å². The van der Waals surface area contributed by atoms with Gasteiger partial charge in [-0.3, -0.25) is 0 Å². The quantitative estimate of drug-likeness (QED) is 0.808. The predicted octanol–water partition coefficient (Wildman–Crippen LogP) is 2.59. The number of nitrogens with one attached hydrogen (secondary N) is 1. The lowest BCUT2D eigenvalue weighted by molar-refractivity contribution is 0.0692. The molecule has 0 saturated carbocycles. The van der Waals surface area contributed by atoms with E-state index in [1.807, 2.05) is 0 Å². The Balaban J connectivity index is 2.74. The summed E-state index contributed by atoms with van der Waals surface area (Å²) in [4.78, 5) is 13.6. The van der Waals surface area contributed by atoms with Crippen LogP contribution in [0.4, 0.5) is 4.39 Å². The van der Waals surface area contributed by atoms with Crippen LogP contribution in [-0.2, 0) is 7.05 Å². The van der Waals surface area contributed by atoms with Crippen molar-refractivity contribution in [2.75, 3.05) is 0 Å². The molecule has 1 aromatic heterocycles.